The fourth-order valence-corrected chi connectivity index (χ4v) is 4.98. The second-order valence-corrected chi connectivity index (χ2v) is 8.23. The smallest absolute Gasteiger partial charge is 0.260 e. The van der Waals surface area contributed by atoms with Crippen molar-refractivity contribution in [3.8, 4) is 11.1 Å². The van der Waals surface area contributed by atoms with E-state index in [0.29, 0.717) is 26.8 Å². The maximum atomic E-state index is 12.8. The number of pyridine rings is 1. The normalized spacial score (nSPS) is 11.5. The quantitative estimate of drug-likeness (QED) is 0.424. The molecule has 0 aliphatic heterocycles. The summed E-state index contributed by atoms with van der Waals surface area (Å²) in [5, 5.41) is 12.2. The number of rotatable bonds is 4. The summed E-state index contributed by atoms with van der Waals surface area (Å²) in [4.78, 5) is 21.0. The number of fused-ring (bicyclic) bond motifs is 2. The molecule has 4 aromatic heterocycles. The molecule has 1 aromatic carbocycles. The molecule has 1 N–H and O–H groups in total. The van der Waals surface area contributed by atoms with E-state index in [1.807, 2.05) is 58.4 Å². The van der Waals surface area contributed by atoms with Crippen molar-refractivity contribution in [2.75, 3.05) is 0 Å². The molecule has 138 valence electrons. The Bertz CT molecular complexity index is 1370. The van der Waals surface area contributed by atoms with E-state index in [4.69, 9.17) is 11.6 Å². The molecule has 5 rings (SSSR count). The molecule has 5 aromatic rings. The van der Waals surface area contributed by atoms with E-state index in [1.54, 1.807) is 0 Å². The van der Waals surface area contributed by atoms with Crippen LogP contribution in [0.4, 0.5) is 0 Å². The number of hydrogen-bond acceptors (Lipinski definition) is 6. The Morgan fingerprint density at radius 1 is 1.11 bits per heavy atom. The van der Waals surface area contributed by atoms with Gasteiger partial charge in [0, 0.05) is 27.7 Å². The second-order valence-electron chi connectivity index (χ2n) is 6.02. The third-order valence-corrected chi connectivity index (χ3v) is 6.43. The van der Waals surface area contributed by atoms with Crippen LogP contribution in [0.5, 0.6) is 0 Å². The van der Waals surface area contributed by atoms with E-state index in [-0.39, 0.29) is 5.56 Å². The van der Waals surface area contributed by atoms with Gasteiger partial charge in [-0.05, 0) is 18.2 Å². The zero-order valence-corrected chi connectivity index (χ0v) is 16.7. The summed E-state index contributed by atoms with van der Waals surface area (Å²) in [5.74, 6) is 1.09. The molecule has 6 nitrogen and oxygen atoms in total. The van der Waals surface area contributed by atoms with Gasteiger partial charge < -0.3 is 4.98 Å². The van der Waals surface area contributed by atoms with Gasteiger partial charge in [-0.1, -0.05) is 47.6 Å². The summed E-state index contributed by atoms with van der Waals surface area (Å²) in [7, 11) is 0. The van der Waals surface area contributed by atoms with Crippen LogP contribution in [-0.4, -0.2) is 24.6 Å². The lowest BCUT2D eigenvalue weighted by atomic mass is 10.1. The Balaban J connectivity index is 1.49. The van der Waals surface area contributed by atoms with Crippen LogP contribution in [0, 0.1) is 0 Å². The molecular weight excluding hydrogens is 414 g/mol. The Morgan fingerprint density at radius 3 is 2.86 bits per heavy atom. The minimum absolute atomic E-state index is 0.164. The van der Waals surface area contributed by atoms with Crippen molar-refractivity contribution in [2.24, 2.45) is 0 Å². The van der Waals surface area contributed by atoms with E-state index in [2.05, 4.69) is 20.2 Å². The molecule has 0 radical (unpaired) electrons. The first-order valence-corrected chi connectivity index (χ1v) is 10.6. The molecule has 0 spiro atoms. The first-order valence-electron chi connectivity index (χ1n) is 8.38. The standard InChI is InChI=1S/C19H12ClN5OS2/c20-13-6-2-1-5-11(13)12-9-27-18-16(12)17(26)21-14(22-18)10-28-19-24-23-15-7-3-4-8-25(15)19/h1-9H,10H2,(H,21,22,26). The highest BCUT2D eigenvalue weighted by Crippen LogP contribution is 2.35. The van der Waals surface area contributed by atoms with Gasteiger partial charge in [0.25, 0.3) is 5.56 Å². The SMILES string of the molecule is O=c1[nH]c(CSc2nnc3ccccn23)nc2scc(-c3ccccc3Cl)c12. The van der Waals surface area contributed by atoms with Crippen LogP contribution in [0.1, 0.15) is 5.82 Å². The van der Waals surface area contributed by atoms with Gasteiger partial charge in [0.05, 0.1) is 11.1 Å². The number of thioether (sulfide) groups is 1. The highest BCUT2D eigenvalue weighted by molar-refractivity contribution is 7.98. The largest absolute Gasteiger partial charge is 0.309 e. The van der Waals surface area contributed by atoms with Gasteiger partial charge in [0.1, 0.15) is 10.7 Å². The maximum Gasteiger partial charge on any atom is 0.260 e. The molecule has 4 heterocycles. The second kappa shape index (κ2) is 7.05. The van der Waals surface area contributed by atoms with Crippen LogP contribution in [0.3, 0.4) is 0 Å². The molecule has 0 aliphatic rings. The molecule has 9 heteroatoms. The molecule has 0 bridgehead atoms. The predicted molar refractivity (Wildman–Crippen MR) is 113 cm³/mol. The van der Waals surface area contributed by atoms with Crippen molar-refractivity contribution in [1.82, 2.24) is 24.6 Å². The first-order chi connectivity index (χ1) is 13.7. The molecule has 0 aliphatic carbocycles. The van der Waals surface area contributed by atoms with Crippen LogP contribution in [0.25, 0.3) is 27.0 Å². The van der Waals surface area contributed by atoms with E-state index < -0.39 is 0 Å². The fraction of sp³-hybridized carbons (Fsp3) is 0.0526. The number of hydrogen-bond donors (Lipinski definition) is 1. The molecule has 0 unspecified atom stereocenters. The van der Waals surface area contributed by atoms with Gasteiger partial charge in [-0.2, -0.15) is 0 Å². The van der Waals surface area contributed by atoms with Gasteiger partial charge in [-0.15, -0.1) is 21.5 Å². The van der Waals surface area contributed by atoms with Gasteiger partial charge in [0.2, 0.25) is 0 Å². The highest BCUT2D eigenvalue weighted by atomic mass is 35.5. The van der Waals surface area contributed by atoms with Crippen LogP contribution in [0.2, 0.25) is 5.02 Å². The molecule has 0 atom stereocenters. The zero-order valence-electron chi connectivity index (χ0n) is 14.3. The summed E-state index contributed by atoms with van der Waals surface area (Å²) in [6, 6.07) is 13.2. The van der Waals surface area contributed by atoms with Crippen molar-refractivity contribution < 1.29 is 0 Å². The number of H-pyrrole nitrogens is 1. The molecule has 0 saturated heterocycles. The number of nitrogens with one attached hydrogen (secondary N) is 1. The van der Waals surface area contributed by atoms with Crippen LogP contribution < -0.4 is 5.56 Å². The topological polar surface area (TPSA) is 75.9 Å². The minimum atomic E-state index is -0.164. The molecule has 0 saturated carbocycles. The van der Waals surface area contributed by atoms with Crippen molar-refractivity contribution in [2.45, 2.75) is 10.9 Å². The van der Waals surface area contributed by atoms with Crippen LogP contribution >= 0.6 is 34.7 Å². The van der Waals surface area contributed by atoms with Gasteiger partial charge in [-0.3, -0.25) is 9.20 Å². The number of benzene rings is 1. The van der Waals surface area contributed by atoms with Crippen molar-refractivity contribution in [1.29, 1.82) is 0 Å². The molecule has 0 fully saturated rings. The van der Waals surface area contributed by atoms with E-state index >= 15 is 0 Å². The minimum Gasteiger partial charge on any atom is -0.309 e. The lowest BCUT2D eigenvalue weighted by molar-refractivity contribution is 0.917. The number of nitrogens with zero attached hydrogens (tertiary/aromatic N) is 4. The van der Waals surface area contributed by atoms with Gasteiger partial charge in [-0.25, -0.2) is 4.98 Å². The number of halogens is 1. The fourth-order valence-electron chi connectivity index (χ4n) is 2.99. The average Bonchev–Trinajstić information content (AvgIpc) is 3.31. The van der Waals surface area contributed by atoms with E-state index in [0.717, 1.165) is 21.9 Å². The van der Waals surface area contributed by atoms with Crippen molar-refractivity contribution >= 4 is 50.6 Å². The third-order valence-electron chi connectivity index (χ3n) is 4.28. The summed E-state index contributed by atoms with van der Waals surface area (Å²) >= 11 is 9.22. The summed E-state index contributed by atoms with van der Waals surface area (Å²) in [5.41, 5.74) is 2.26. The van der Waals surface area contributed by atoms with Crippen LogP contribution in [-0.2, 0) is 5.75 Å². The third kappa shape index (κ3) is 2.99. The van der Waals surface area contributed by atoms with E-state index in [9.17, 15) is 4.79 Å². The van der Waals surface area contributed by atoms with Crippen LogP contribution in [0.15, 0.2) is 64.0 Å². The molecule has 0 amide bonds. The lowest BCUT2D eigenvalue weighted by Gasteiger charge is -2.03. The van der Waals surface area contributed by atoms with Crippen molar-refractivity contribution in [3.63, 3.8) is 0 Å². The Labute approximate surface area is 172 Å². The summed E-state index contributed by atoms with van der Waals surface area (Å²) in [6.07, 6.45) is 1.91. The number of aromatic amines is 1. The summed E-state index contributed by atoms with van der Waals surface area (Å²) in [6.45, 7) is 0. The average molecular weight is 426 g/mol. The molecular formula is C19H12ClN5OS2. The highest BCUT2D eigenvalue weighted by Gasteiger charge is 2.15. The maximum absolute atomic E-state index is 12.8. The summed E-state index contributed by atoms with van der Waals surface area (Å²) < 4.78 is 1.90. The van der Waals surface area contributed by atoms with Crippen molar-refractivity contribution in [3.05, 3.63) is 75.2 Å². The Kier molecular flexibility index (Phi) is 4.38. The monoisotopic (exact) mass is 425 g/mol. The Hall–Kier alpha value is -2.68. The number of thiophene rings is 1. The number of aromatic nitrogens is 5. The van der Waals surface area contributed by atoms with Gasteiger partial charge >= 0.3 is 0 Å². The Morgan fingerprint density at radius 2 is 1.96 bits per heavy atom. The zero-order chi connectivity index (χ0) is 19.1. The van der Waals surface area contributed by atoms with Gasteiger partial charge in [0.15, 0.2) is 10.8 Å². The predicted octanol–water partition coefficient (Wildman–Crippen LogP) is 4.64. The lowest BCUT2D eigenvalue weighted by Crippen LogP contribution is -2.10. The first kappa shape index (κ1) is 17.4. The van der Waals surface area contributed by atoms with E-state index in [1.165, 1.54) is 23.1 Å². The molecule has 28 heavy (non-hydrogen) atoms.